The molecule has 0 N–H and O–H groups in total. The normalized spacial score (nSPS) is 10.3. The minimum absolute atomic E-state index is 0.286. The fraction of sp³-hybridized carbons (Fsp3) is 0.467. The molecule has 0 aromatic heterocycles. The molecule has 0 radical (unpaired) electrons. The molecule has 0 aromatic carbocycles. The maximum absolute atomic E-state index is 11.2. The van der Waals surface area contributed by atoms with E-state index in [9.17, 15) is 9.59 Å². The average Bonchev–Trinajstić information content (AvgIpc) is 2.36. The van der Waals surface area contributed by atoms with Crippen LogP contribution >= 0.6 is 0 Å². The summed E-state index contributed by atoms with van der Waals surface area (Å²) in [7, 11) is 0. The van der Waals surface area contributed by atoms with Crippen molar-refractivity contribution >= 4 is 11.9 Å². The molecule has 0 heterocycles. The number of carbonyl (C=O) groups is 2. The van der Waals surface area contributed by atoms with Crippen molar-refractivity contribution in [1.29, 1.82) is 0 Å². The minimum Gasteiger partial charge on any atom is -0.465 e. The lowest BCUT2D eigenvalue weighted by Gasteiger charge is -2.11. The van der Waals surface area contributed by atoms with Gasteiger partial charge in [0, 0.05) is 0 Å². The average molecular weight is 264 g/mol. The van der Waals surface area contributed by atoms with Crippen molar-refractivity contribution in [2.45, 2.75) is 27.2 Å². The Hall–Kier alpha value is -1.84. The molecule has 0 unspecified atom stereocenters. The first kappa shape index (κ1) is 15.2. The zero-order valence-corrected chi connectivity index (χ0v) is 11.6. The summed E-state index contributed by atoms with van der Waals surface area (Å²) in [6, 6.07) is 8.48. The summed E-state index contributed by atoms with van der Waals surface area (Å²) in [5, 5.41) is 0. The van der Waals surface area contributed by atoms with E-state index in [0.29, 0.717) is 6.42 Å². The van der Waals surface area contributed by atoms with E-state index in [2.05, 4.69) is 24.3 Å². The van der Waals surface area contributed by atoms with Crippen molar-refractivity contribution < 1.29 is 19.1 Å². The van der Waals surface area contributed by atoms with Crippen LogP contribution in [0.15, 0.2) is 24.3 Å². The van der Waals surface area contributed by atoms with Crippen LogP contribution in [0.3, 0.4) is 0 Å². The highest BCUT2D eigenvalue weighted by Gasteiger charge is 2.27. The van der Waals surface area contributed by atoms with Crippen LogP contribution in [0.5, 0.6) is 0 Å². The molecule has 0 spiro atoms. The van der Waals surface area contributed by atoms with Crippen molar-refractivity contribution in [3.8, 4) is 11.1 Å². The number of ether oxygens (including phenoxy) is 2. The molecular weight excluding hydrogens is 244 g/mol. The van der Waals surface area contributed by atoms with Crippen molar-refractivity contribution in [1.82, 2.24) is 0 Å². The first-order chi connectivity index (χ1) is 9.13. The molecule has 19 heavy (non-hydrogen) atoms. The topological polar surface area (TPSA) is 52.6 Å². The highest BCUT2D eigenvalue weighted by atomic mass is 16.6. The van der Waals surface area contributed by atoms with Gasteiger partial charge in [0.25, 0.3) is 0 Å². The van der Waals surface area contributed by atoms with E-state index >= 15 is 0 Å². The van der Waals surface area contributed by atoms with Gasteiger partial charge in [-0.1, -0.05) is 31.2 Å². The molecule has 0 atom stereocenters. The number of esters is 2. The van der Waals surface area contributed by atoms with Gasteiger partial charge >= 0.3 is 11.9 Å². The standard InChI is InChI=1S/C9H16O4.C6H4/c1-4-7(8(10)12-5-2)9(11)13-6-3;1-2-6-4-3-5(1)6/h7H,4-6H2,1-3H3;1-4H. The molecule has 104 valence electrons. The van der Waals surface area contributed by atoms with Gasteiger partial charge in [0.05, 0.1) is 13.2 Å². The zero-order chi connectivity index (χ0) is 14.3. The molecule has 0 fully saturated rings. The fourth-order valence-corrected chi connectivity index (χ4v) is 1.58. The Morgan fingerprint density at radius 2 is 1.26 bits per heavy atom. The molecular formula is C15H20O4. The van der Waals surface area contributed by atoms with Gasteiger partial charge in [-0.05, 0) is 31.4 Å². The predicted molar refractivity (Wildman–Crippen MR) is 72.5 cm³/mol. The van der Waals surface area contributed by atoms with Crippen molar-refractivity contribution in [3.63, 3.8) is 0 Å². The molecule has 4 heteroatoms. The van der Waals surface area contributed by atoms with Crippen LogP contribution in [0, 0.1) is 5.92 Å². The number of carbonyl (C=O) groups excluding carboxylic acids is 2. The molecule has 2 rings (SSSR count). The monoisotopic (exact) mass is 264 g/mol. The Kier molecular flexibility index (Phi) is 6.06. The van der Waals surface area contributed by atoms with Crippen LogP contribution < -0.4 is 0 Å². The fourth-order valence-electron chi connectivity index (χ4n) is 1.58. The molecule has 4 nitrogen and oxygen atoms in total. The first-order valence-electron chi connectivity index (χ1n) is 6.57. The van der Waals surface area contributed by atoms with E-state index in [1.54, 1.807) is 20.8 Å². The predicted octanol–water partition coefficient (Wildman–Crippen LogP) is 2.81. The molecule has 0 saturated carbocycles. The number of benzene rings is 1. The summed E-state index contributed by atoms with van der Waals surface area (Å²) in [5.41, 5.74) is 2.85. The maximum Gasteiger partial charge on any atom is 0.320 e. The van der Waals surface area contributed by atoms with Gasteiger partial charge in [0.15, 0.2) is 5.92 Å². The van der Waals surface area contributed by atoms with Crippen molar-refractivity contribution in [2.75, 3.05) is 13.2 Å². The third-order valence-electron chi connectivity index (χ3n) is 2.77. The lowest BCUT2D eigenvalue weighted by Crippen LogP contribution is -2.27. The van der Waals surface area contributed by atoms with Gasteiger partial charge in [0.2, 0.25) is 0 Å². The molecule has 0 saturated heterocycles. The van der Waals surface area contributed by atoms with E-state index < -0.39 is 17.9 Å². The van der Waals surface area contributed by atoms with Gasteiger partial charge < -0.3 is 9.47 Å². The van der Waals surface area contributed by atoms with Crippen LogP contribution in [-0.4, -0.2) is 25.2 Å². The number of hydrogen-bond acceptors (Lipinski definition) is 4. The molecule has 0 amide bonds. The van der Waals surface area contributed by atoms with Crippen LogP contribution in [-0.2, 0) is 19.1 Å². The summed E-state index contributed by atoms with van der Waals surface area (Å²) in [4.78, 5) is 22.3. The summed E-state index contributed by atoms with van der Waals surface area (Å²) in [5.74, 6) is -1.76. The van der Waals surface area contributed by atoms with Gasteiger partial charge in [-0.15, -0.1) is 0 Å². The molecule has 0 aromatic rings. The maximum atomic E-state index is 11.2. The summed E-state index contributed by atoms with van der Waals surface area (Å²) >= 11 is 0. The van der Waals surface area contributed by atoms with Gasteiger partial charge in [0.1, 0.15) is 0 Å². The first-order valence-corrected chi connectivity index (χ1v) is 6.57. The molecule has 2 aliphatic rings. The third kappa shape index (κ3) is 4.09. The second-order valence-electron chi connectivity index (χ2n) is 4.04. The Labute approximate surface area is 113 Å². The second kappa shape index (κ2) is 7.56. The van der Waals surface area contributed by atoms with Gasteiger partial charge in [-0.25, -0.2) is 0 Å². The Balaban J connectivity index is 0.000000241. The Morgan fingerprint density at radius 3 is 1.42 bits per heavy atom. The van der Waals surface area contributed by atoms with Gasteiger partial charge in [-0.3, -0.25) is 9.59 Å². The molecule has 0 bridgehead atoms. The third-order valence-corrected chi connectivity index (χ3v) is 2.77. The zero-order valence-electron chi connectivity index (χ0n) is 11.6. The number of hydrogen-bond donors (Lipinski definition) is 0. The van der Waals surface area contributed by atoms with E-state index in [4.69, 9.17) is 9.47 Å². The molecule has 2 aliphatic carbocycles. The van der Waals surface area contributed by atoms with E-state index in [0.717, 1.165) is 0 Å². The largest absolute Gasteiger partial charge is 0.465 e. The van der Waals surface area contributed by atoms with Crippen LogP contribution in [0.1, 0.15) is 27.2 Å². The smallest absolute Gasteiger partial charge is 0.320 e. The molecule has 0 aliphatic heterocycles. The summed E-state index contributed by atoms with van der Waals surface area (Å²) in [6.07, 6.45) is 0.414. The van der Waals surface area contributed by atoms with E-state index in [1.165, 1.54) is 11.1 Å². The van der Waals surface area contributed by atoms with Crippen LogP contribution in [0.25, 0.3) is 11.1 Å². The SMILES string of the molecule is CCOC(=O)C(CC)C(=O)OCC.c1cc2ccc1-2. The minimum atomic E-state index is -0.764. The highest BCUT2D eigenvalue weighted by Crippen LogP contribution is 2.29. The highest BCUT2D eigenvalue weighted by molar-refractivity contribution is 5.94. The summed E-state index contributed by atoms with van der Waals surface area (Å²) in [6.45, 7) is 5.73. The number of rotatable bonds is 5. The van der Waals surface area contributed by atoms with Crippen LogP contribution in [0.4, 0.5) is 0 Å². The second-order valence-corrected chi connectivity index (χ2v) is 4.04. The lowest BCUT2D eigenvalue weighted by molar-refractivity contribution is -0.161. The van der Waals surface area contributed by atoms with Crippen molar-refractivity contribution in [2.24, 2.45) is 5.92 Å². The lowest BCUT2D eigenvalue weighted by atomic mass is 9.95. The van der Waals surface area contributed by atoms with E-state index in [1.807, 2.05) is 0 Å². The van der Waals surface area contributed by atoms with Crippen molar-refractivity contribution in [3.05, 3.63) is 24.3 Å². The Bertz CT molecular complexity index is 383. The van der Waals surface area contributed by atoms with E-state index in [-0.39, 0.29) is 13.2 Å². The van der Waals surface area contributed by atoms with Gasteiger partial charge in [-0.2, -0.15) is 0 Å². The van der Waals surface area contributed by atoms with Crippen LogP contribution in [0.2, 0.25) is 0 Å². The quantitative estimate of drug-likeness (QED) is 0.615. The Morgan fingerprint density at radius 1 is 0.895 bits per heavy atom. The summed E-state index contributed by atoms with van der Waals surface area (Å²) < 4.78 is 9.45. The number of fused-ring (bicyclic) bond motifs is 1.